The van der Waals surface area contributed by atoms with E-state index in [0.29, 0.717) is 11.8 Å². The summed E-state index contributed by atoms with van der Waals surface area (Å²) in [5.74, 6) is 0.826. The smallest absolute Gasteiger partial charge is 0.147 e. The van der Waals surface area contributed by atoms with Crippen molar-refractivity contribution < 1.29 is 4.74 Å². The fourth-order valence-corrected chi connectivity index (χ4v) is 1.59. The Hall–Kier alpha value is -1.87. The number of aromatic nitrogens is 2. The highest BCUT2D eigenvalue weighted by Gasteiger charge is 2.01. The minimum Gasteiger partial charge on any atom is -0.487 e. The summed E-state index contributed by atoms with van der Waals surface area (Å²) in [7, 11) is 0. The van der Waals surface area contributed by atoms with Crippen molar-refractivity contribution in [3.8, 4) is 5.75 Å². The topological polar surface area (TPSA) is 35.0 Å². The van der Waals surface area contributed by atoms with E-state index in [-0.39, 0.29) is 0 Å². The summed E-state index contributed by atoms with van der Waals surface area (Å²) in [4.78, 5) is 8.09. The Balaban J connectivity index is 2.08. The van der Waals surface area contributed by atoms with Crippen LogP contribution < -0.4 is 4.74 Å². The summed E-state index contributed by atoms with van der Waals surface area (Å²) in [6.45, 7) is 2.35. The van der Waals surface area contributed by atoms with E-state index in [4.69, 9.17) is 16.3 Å². The maximum Gasteiger partial charge on any atom is 0.147 e. The highest BCUT2D eigenvalue weighted by atomic mass is 35.5. The Bertz CT molecular complexity index is 538. The van der Waals surface area contributed by atoms with Crippen molar-refractivity contribution in [1.82, 2.24) is 9.97 Å². The average Bonchev–Trinajstić information content (AvgIpc) is 2.40. The molecule has 1 heterocycles. The summed E-state index contributed by atoms with van der Waals surface area (Å²) in [6, 6.07) is 7.85. The molecule has 0 aliphatic rings. The van der Waals surface area contributed by atoms with E-state index in [0.717, 1.165) is 17.0 Å². The number of benzene rings is 1. The molecule has 92 valence electrons. The minimum atomic E-state index is 0.374. The second kappa shape index (κ2) is 6.17. The zero-order valence-electron chi connectivity index (χ0n) is 10.0. The molecule has 0 aliphatic carbocycles. The molecule has 2 rings (SSSR count). The molecule has 0 aliphatic heterocycles. The molecule has 2 aromatic rings. The van der Waals surface area contributed by atoms with Gasteiger partial charge in [-0.1, -0.05) is 42.0 Å². The lowest BCUT2D eigenvalue weighted by Crippen LogP contribution is -1.99. The molecule has 4 heteroatoms. The van der Waals surface area contributed by atoms with Crippen LogP contribution in [-0.4, -0.2) is 9.97 Å². The molecular weight excluding hydrogens is 248 g/mol. The summed E-state index contributed by atoms with van der Waals surface area (Å²) < 4.78 is 5.72. The van der Waals surface area contributed by atoms with Crippen molar-refractivity contribution in [1.29, 1.82) is 0 Å². The molecule has 0 atom stereocenters. The average molecular weight is 261 g/mol. The molecule has 0 spiro atoms. The van der Waals surface area contributed by atoms with E-state index >= 15 is 0 Å². The zero-order chi connectivity index (χ0) is 12.8. The molecule has 0 saturated carbocycles. The van der Waals surface area contributed by atoms with Crippen molar-refractivity contribution in [2.75, 3.05) is 0 Å². The van der Waals surface area contributed by atoms with Crippen LogP contribution in [0.3, 0.4) is 0 Å². The van der Waals surface area contributed by atoms with Crippen LogP contribution in [0.25, 0.3) is 6.08 Å². The van der Waals surface area contributed by atoms with Crippen molar-refractivity contribution >= 4 is 17.7 Å². The normalized spacial score (nSPS) is 10.8. The molecule has 0 amide bonds. The lowest BCUT2D eigenvalue weighted by Gasteiger charge is -2.08. The maximum absolute atomic E-state index is 5.72. The van der Waals surface area contributed by atoms with Gasteiger partial charge in [-0.3, -0.25) is 4.98 Å². The Kier molecular flexibility index (Phi) is 4.31. The third kappa shape index (κ3) is 3.31. The van der Waals surface area contributed by atoms with Crippen LogP contribution in [0.4, 0.5) is 0 Å². The molecule has 0 fully saturated rings. The number of hydrogen-bond donors (Lipinski definition) is 0. The van der Waals surface area contributed by atoms with Crippen LogP contribution >= 0.6 is 11.6 Å². The first-order valence-electron chi connectivity index (χ1n) is 5.60. The first kappa shape index (κ1) is 12.6. The monoisotopic (exact) mass is 260 g/mol. The van der Waals surface area contributed by atoms with Gasteiger partial charge in [0.1, 0.15) is 17.5 Å². The van der Waals surface area contributed by atoms with E-state index in [1.807, 2.05) is 43.3 Å². The Morgan fingerprint density at radius 3 is 2.78 bits per heavy atom. The fourth-order valence-electron chi connectivity index (χ4n) is 1.49. The third-order valence-electron chi connectivity index (χ3n) is 2.31. The molecule has 0 unspecified atom stereocenters. The summed E-state index contributed by atoms with van der Waals surface area (Å²) in [5.41, 5.74) is 1.79. The molecule has 0 radical (unpaired) electrons. The number of hydrogen-bond acceptors (Lipinski definition) is 3. The van der Waals surface area contributed by atoms with Gasteiger partial charge in [-0.25, -0.2) is 4.98 Å². The van der Waals surface area contributed by atoms with E-state index < -0.39 is 0 Å². The second-order valence-electron chi connectivity index (χ2n) is 3.66. The molecule has 0 saturated heterocycles. The third-order valence-corrected chi connectivity index (χ3v) is 2.51. The van der Waals surface area contributed by atoms with Crippen molar-refractivity contribution in [2.45, 2.75) is 13.5 Å². The van der Waals surface area contributed by atoms with Crippen molar-refractivity contribution in [2.24, 2.45) is 0 Å². The fraction of sp³-hybridized carbons (Fsp3) is 0.143. The minimum absolute atomic E-state index is 0.374. The number of rotatable bonds is 4. The molecule has 1 aromatic carbocycles. The first-order chi connectivity index (χ1) is 8.79. The number of allylic oxidation sites excluding steroid dienone is 1. The molecule has 18 heavy (non-hydrogen) atoms. The van der Waals surface area contributed by atoms with Crippen LogP contribution in [0.1, 0.15) is 18.2 Å². The SMILES string of the molecule is C/C=C/c1ccccc1OCc1cnc(Cl)cn1. The first-order valence-corrected chi connectivity index (χ1v) is 5.98. The van der Waals surface area contributed by atoms with E-state index in [1.165, 1.54) is 6.20 Å². The van der Waals surface area contributed by atoms with Crippen LogP contribution in [0.5, 0.6) is 5.75 Å². The van der Waals surface area contributed by atoms with Crippen LogP contribution in [-0.2, 0) is 6.61 Å². The number of ether oxygens (including phenoxy) is 1. The zero-order valence-corrected chi connectivity index (χ0v) is 10.8. The predicted octanol–water partition coefficient (Wildman–Crippen LogP) is 3.74. The summed E-state index contributed by atoms with van der Waals surface area (Å²) in [5, 5.41) is 0.382. The standard InChI is InChI=1S/C14H13ClN2O/c1-2-5-11-6-3-4-7-13(11)18-10-12-8-17-14(15)9-16-12/h2-9H,10H2,1H3/b5-2+. The number of para-hydroxylation sites is 1. The van der Waals surface area contributed by atoms with Gasteiger partial charge in [0.2, 0.25) is 0 Å². The van der Waals surface area contributed by atoms with Crippen LogP contribution in [0.2, 0.25) is 5.15 Å². The quantitative estimate of drug-likeness (QED) is 0.840. The molecule has 0 bridgehead atoms. The maximum atomic E-state index is 5.72. The molecule has 1 aromatic heterocycles. The lowest BCUT2D eigenvalue weighted by atomic mass is 10.2. The van der Waals surface area contributed by atoms with Gasteiger partial charge in [0.25, 0.3) is 0 Å². The molecule has 0 N–H and O–H groups in total. The van der Waals surface area contributed by atoms with E-state index in [9.17, 15) is 0 Å². The Labute approximate surface area is 111 Å². The highest BCUT2D eigenvalue weighted by molar-refractivity contribution is 6.29. The summed E-state index contributed by atoms with van der Waals surface area (Å²) >= 11 is 5.67. The van der Waals surface area contributed by atoms with Gasteiger partial charge in [-0.05, 0) is 13.0 Å². The Morgan fingerprint density at radius 1 is 1.22 bits per heavy atom. The molecule has 3 nitrogen and oxygen atoms in total. The van der Waals surface area contributed by atoms with Gasteiger partial charge < -0.3 is 4.74 Å². The van der Waals surface area contributed by atoms with Gasteiger partial charge in [-0.2, -0.15) is 0 Å². The van der Waals surface area contributed by atoms with Gasteiger partial charge in [-0.15, -0.1) is 0 Å². The Morgan fingerprint density at radius 2 is 2.06 bits per heavy atom. The van der Waals surface area contributed by atoms with Gasteiger partial charge in [0, 0.05) is 5.56 Å². The molecular formula is C14H13ClN2O. The van der Waals surface area contributed by atoms with E-state index in [2.05, 4.69) is 9.97 Å². The van der Waals surface area contributed by atoms with Gasteiger partial charge in [0.05, 0.1) is 18.1 Å². The number of nitrogens with zero attached hydrogens (tertiary/aromatic N) is 2. The number of halogens is 1. The summed E-state index contributed by atoms with van der Waals surface area (Å²) in [6.07, 6.45) is 7.10. The van der Waals surface area contributed by atoms with E-state index in [1.54, 1.807) is 6.20 Å². The van der Waals surface area contributed by atoms with Gasteiger partial charge >= 0.3 is 0 Å². The highest BCUT2D eigenvalue weighted by Crippen LogP contribution is 2.20. The largest absolute Gasteiger partial charge is 0.487 e. The van der Waals surface area contributed by atoms with Crippen LogP contribution in [0.15, 0.2) is 42.7 Å². The van der Waals surface area contributed by atoms with Crippen LogP contribution in [0, 0.1) is 0 Å². The van der Waals surface area contributed by atoms with Gasteiger partial charge in [0.15, 0.2) is 0 Å². The van der Waals surface area contributed by atoms with Crippen molar-refractivity contribution in [3.63, 3.8) is 0 Å². The second-order valence-corrected chi connectivity index (χ2v) is 4.04. The van der Waals surface area contributed by atoms with Crippen molar-refractivity contribution in [3.05, 3.63) is 59.1 Å². The lowest BCUT2D eigenvalue weighted by molar-refractivity contribution is 0.300. The predicted molar refractivity (Wildman–Crippen MR) is 72.5 cm³/mol.